The topological polar surface area (TPSA) is 54.3 Å². The first-order chi connectivity index (χ1) is 15.1. The summed E-state index contributed by atoms with van der Waals surface area (Å²) in [5, 5.41) is 14.3. The van der Waals surface area contributed by atoms with Gasteiger partial charge in [0.25, 0.3) is 0 Å². The minimum atomic E-state index is -0.992. The van der Waals surface area contributed by atoms with Crippen molar-refractivity contribution in [1.82, 2.24) is 9.88 Å². The number of hydrogen-bond donors (Lipinski definition) is 2. The summed E-state index contributed by atoms with van der Waals surface area (Å²) in [5.74, 6) is -1.33. The molecule has 6 heteroatoms. The van der Waals surface area contributed by atoms with E-state index in [-0.39, 0.29) is 18.1 Å². The third-order valence-electron chi connectivity index (χ3n) is 5.30. The van der Waals surface area contributed by atoms with Crippen LogP contribution in [0.3, 0.4) is 0 Å². The molecule has 158 valence electrons. The van der Waals surface area contributed by atoms with E-state index in [2.05, 4.69) is 29.6 Å². The van der Waals surface area contributed by atoms with Gasteiger partial charge in [0.15, 0.2) is 0 Å². The number of nitrogens with one attached hydrogen (secondary N) is 1. The fourth-order valence-electron chi connectivity index (χ4n) is 3.86. The highest BCUT2D eigenvalue weighted by atomic mass is 32.2. The van der Waals surface area contributed by atoms with Gasteiger partial charge >= 0.3 is 5.97 Å². The molecule has 0 saturated heterocycles. The number of rotatable bonds is 8. The van der Waals surface area contributed by atoms with E-state index in [0.29, 0.717) is 13.1 Å². The van der Waals surface area contributed by atoms with Crippen LogP contribution in [0.15, 0.2) is 77.7 Å². The first-order valence-electron chi connectivity index (χ1n) is 9.98. The van der Waals surface area contributed by atoms with Crippen LogP contribution in [0.4, 0.5) is 4.39 Å². The number of para-hydroxylation sites is 1. The molecule has 4 nitrogen and oxygen atoms in total. The minimum absolute atomic E-state index is 0.232. The predicted molar refractivity (Wildman–Crippen MR) is 123 cm³/mol. The molecule has 0 bridgehead atoms. The lowest BCUT2D eigenvalue weighted by atomic mass is 10.1. The van der Waals surface area contributed by atoms with E-state index in [1.54, 1.807) is 28.5 Å². The van der Waals surface area contributed by atoms with Crippen molar-refractivity contribution in [2.45, 2.75) is 24.5 Å². The summed E-state index contributed by atoms with van der Waals surface area (Å²) in [7, 11) is 0. The number of nitrogens with zero attached hydrogens (tertiary/aromatic N) is 1. The first kappa shape index (κ1) is 21.2. The van der Waals surface area contributed by atoms with E-state index in [1.807, 2.05) is 30.5 Å². The monoisotopic (exact) mass is 434 g/mol. The Morgan fingerprint density at radius 3 is 2.48 bits per heavy atom. The lowest BCUT2D eigenvalue weighted by molar-refractivity contribution is 0.0685. The van der Waals surface area contributed by atoms with Gasteiger partial charge in [-0.25, -0.2) is 9.18 Å². The maximum Gasteiger partial charge on any atom is 0.352 e. The van der Waals surface area contributed by atoms with Crippen molar-refractivity contribution in [3.8, 4) is 0 Å². The normalized spacial score (nSPS) is 11.2. The van der Waals surface area contributed by atoms with Gasteiger partial charge in [-0.05, 0) is 47.7 Å². The zero-order chi connectivity index (χ0) is 21.8. The molecule has 2 N–H and O–H groups in total. The Bertz CT molecular complexity index is 1220. The Morgan fingerprint density at radius 2 is 1.77 bits per heavy atom. The van der Waals surface area contributed by atoms with E-state index in [9.17, 15) is 14.3 Å². The number of carbonyl (C=O) groups is 1. The molecular weight excluding hydrogens is 411 g/mol. The molecule has 1 aromatic heterocycles. The van der Waals surface area contributed by atoms with Crippen molar-refractivity contribution in [3.63, 3.8) is 0 Å². The summed E-state index contributed by atoms with van der Waals surface area (Å²) < 4.78 is 15.4. The summed E-state index contributed by atoms with van der Waals surface area (Å²) in [5.41, 5.74) is 3.65. The minimum Gasteiger partial charge on any atom is -0.477 e. The Hall–Kier alpha value is -3.09. The van der Waals surface area contributed by atoms with Crippen LogP contribution in [-0.2, 0) is 19.6 Å². The average Bonchev–Trinajstić information content (AvgIpc) is 3.08. The molecule has 1 heterocycles. The zero-order valence-corrected chi connectivity index (χ0v) is 18.0. The van der Waals surface area contributed by atoms with Gasteiger partial charge in [0.05, 0.1) is 0 Å². The highest BCUT2D eigenvalue weighted by molar-refractivity contribution is 7.98. The van der Waals surface area contributed by atoms with E-state index < -0.39 is 5.97 Å². The fraction of sp³-hybridized carbons (Fsp3) is 0.160. The van der Waals surface area contributed by atoms with Gasteiger partial charge in [0.1, 0.15) is 11.5 Å². The molecule has 0 amide bonds. The van der Waals surface area contributed by atoms with Crippen molar-refractivity contribution in [2.24, 2.45) is 0 Å². The smallest absolute Gasteiger partial charge is 0.352 e. The molecule has 0 aliphatic carbocycles. The molecule has 4 rings (SSSR count). The van der Waals surface area contributed by atoms with Gasteiger partial charge in [0.2, 0.25) is 0 Å². The number of benzene rings is 3. The van der Waals surface area contributed by atoms with Gasteiger partial charge < -0.3 is 15.0 Å². The van der Waals surface area contributed by atoms with Crippen LogP contribution < -0.4 is 5.32 Å². The Morgan fingerprint density at radius 1 is 1.00 bits per heavy atom. The molecule has 31 heavy (non-hydrogen) atoms. The molecule has 4 aromatic rings. The summed E-state index contributed by atoms with van der Waals surface area (Å²) in [6.45, 7) is 1.34. The van der Waals surface area contributed by atoms with Gasteiger partial charge in [-0.15, -0.1) is 11.8 Å². The van der Waals surface area contributed by atoms with Crippen molar-refractivity contribution in [2.75, 3.05) is 6.26 Å². The largest absolute Gasteiger partial charge is 0.477 e. The number of hydrogen-bond acceptors (Lipinski definition) is 3. The van der Waals surface area contributed by atoms with E-state index in [0.717, 1.165) is 27.6 Å². The second-order valence-electron chi connectivity index (χ2n) is 7.32. The lowest BCUT2D eigenvalue weighted by Crippen LogP contribution is -2.17. The number of thioether (sulfide) groups is 1. The van der Waals surface area contributed by atoms with Crippen LogP contribution >= 0.6 is 11.8 Å². The Kier molecular flexibility index (Phi) is 6.39. The van der Waals surface area contributed by atoms with Gasteiger partial charge in [-0.1, -0.05) is 42.5 Å². The van der Waals surface area contributed by atoms with Gasteiger partial charge in [-0.2, -0.15) is 0 Å². The zero-order valence-electron chi connectivity index (χ0n) is 17.1. The molecule has 0 unspecified atom stereocenters. The van der Waals surface area contributed by atoms with Crippen molar-refractivity contribution in [1.29, 1.82) is 0 Å². The van der Waals surface area contributed by atoms with Gasteiger partial charge in [0, 0.05) is 41.0 Å². The summed E-state index contributed by atoms with van der Waals surface area (Å²) >= 11 is 1.70. The standard InChI is InChI=1S/C25H23FN2O2S/c1-31-20-11-9-17(10-12-20)14-27-15-22-21-7-2-3-8-23(21)28(24(22)25(29)30)16-18-5-4-6-19(26)13-18/h2-13,27H,14-16H2,1H3,(H,29,30). The third kappa shape index (κ3) is 4.65. The van der Waals surface area contributed by atoms with E-state index >= 15 is 0 Å². The molecular formula is C25H23FN2O2S. The average molecular weight is 435 g/mol. The lowest BCUT2D eigenvalue weighted by Gasteiger charge is -2.10. The predicted octanol–water partition coefficient (Wildman–Crippen LogP) is 5.54. The maximum atomic E-state index is 13.7. The van der Waals surface area contributed by atoms with Crippen LogP contribution in [0.2, 0.25) is 0 Å². The van der Waals surface area contributed by atoms with Crippen LogP contribution in [0.1, 0.15) is 27.2 Å². The Balaban J connectivity index is 1.65. The van der Waals surface area contributed by atoms with Crippen LogP contribution in [0, 0.1) is 5.82 Å². The van der Waals surface area contributed by atoms with Crippen LogP contribution in [-0.4, -0.2) is 21.9 Å². The molecule has 0 fully saturated rings. The molecule has 0 spiro atoms. The Labute approximate surface area is 184 Å². The second kappa shape index (κ2) is 9.37. The SMILES string of the molecule is CSc1ccc(CNCc2c(C(=O)O)n(Cc3cccc(F)c3)c3ccccc23)cc1. The number of aromatic carboxylic acids is 1. The number of halogens is 1. The van der Waals surface area contributed by atoms with Crippen molar-refractivity contribution in [3.05, 3.63) is 101 Å². The third-order valence-corrected chi connectivity index (χ3v) is 6.04. The summed E-state index contributed by atoms with van der Waals surface area (Å²) in [4.78, 5) is 13.5. The number of carboxylic acid groups (broad SMARTS) is 1. The van der Waals surface area contributed by atoms with Crippen molar-refractivity contribution < 1.29 is 14.3 Å². The van der Waals surface area contributed by atoms with Crippen molar-refractivity contribution >= 4 is 28.6 Å². The number of aromatic nitrogens is 1. The molecule has 0 atom stereocenters. The molecule has 3 aromatic carbocycles. The highest BCUT2D eigenvalue weighted by Gasteiger charge is 2.22. The maximum absolute atomic E-state index is 13.7. The summed E-state index contributed by atoms with van der Waals surface area (Å²) in [6.07, 6.45) is 2.04. The molecule has 0 saturated carbocycles. The molecule has 0 aliphatic heterocycles. The quantitative estimate of drug-likeness (QED) is 0.358. The molecule has 0 aliphatic rings. The highest BCUT2D eigenvalue weighted by Crippen LogP contribution is 2.28. The van der Waals surface area contributed by atoms with Gasteiger partial charge in [-0.3, -0.25) is 0 Å². The van der Waals surface area contributed by atoms with E-state index in [1.165, 1.54) is 17.0 Å². The van der Waals surface area contributed by atoms with Crippen LogP contribution in [0.5, 0.6) is 0 Å². The first-order valence-corrected chi connectivity index (χ1v) is 11.2. The van der Waals surface area contributed by atoms with Crippen LogP contribution in [0.25, 0.3) is 10.9 Å². The van der Waals surface area contributed by atoms with E-state index in [4.69, 9.17) is 0 Å². The fourth-order valence-corrected chi connectivity index (χ4v) is 4.26. The number of carboxylic acids is 1. The second-order valence-corrected chi connectivity index (χ2v) is 8.20. The molecule has 0 radical (unpaired) electrons. The summed E-state index contributed by atoms with van der Waals surface area (Å²) in [6, 6.07) is 22.2. The number of fused-ring (bicyclic) bond motifs is 1.